The number of benzene rings is 1. The molecule has 8 heteroatoms. The van der Waals surface area contributed by atoms with Crippen LogP contribution in [0.15, 0.2) is 29.2 Å². The van der Waals surface area contributed by atoms with Gasteiger partial charge in [0.25, 0.3) is 5.91 Å². The van der Waals surface area contributed by atoms with Gasteiger partial charge < -0.3 is 9.64 Å². The van der Waals surface area contributed by atoms with Crippen LogP contribution in [0.5, 0.6) is 0 Å². The summed E-state index contributed by atoms with van der Waals surface area (Å²) in [4.78, 5) is 34.9. The van der Waals surface area contributed by atoms with Crippen LogP contribution in [-0.4, -0.2) is 51.8 Å². The average Bonchev–Trinajstić information content (AvgIpc) is 3.11. The molecule has 0 aliphatic carbocycles. The summed E-state index contributed by atoms with van der Waals surface area (Å²) in [7, 11) is 0. The molecule has 0 spiro atoms. The number of hydrogen-bond donors (Lipinski definition) is 0. The van der Waals surface area contributed by atoms with Gasteiger partial charge in [-0.25, -0.2) is 4.98 Å². The van der Waals surface area contributed by atoms with Crippen molar-refractivity contribution >= 4 is 63.0 Å². The molecule has 34 heavy (non-hydrogen) atoms. The minimum atomic E-state index is -0.113. The van der Waals surface area contributed by atoms with Gasteiger partial charge in [0, 0.05) is 30.1 Å². The number of esters is 1. The van der Waals surface area contributed by atoms with Crippen molar-refractivity contribution in [1.29, 1.82) is 0 Å². The Morgan fingerprint density at radius 1 is 1.29 bits per heavy atom. The number of aryl methyl sites for hydroxylation is 1. The van der Waals surface area contributed by atoms with Gasteiger partial charge in [-0.3, -0.25) is 14.5 Å². The second-order valence-corrected chi connectivity index (χ2v) is 10.6. The highest BCUT2D eigenvalue weighted by atomic mass is 32.2. The SMILES string of the molecule is CCOC(=O)C1CCN(c2nc3ccc(C)cc3cc2/C=C2\SC(=S)N(C(C)CC)C2=O)CC1. The highest BCUT2D eigenvalue weighted by molar-refractivity contribution is 8.26. The van der Waals surface area contributed by atoms with E-state index in [1.165, 1.54) is 11.8 Å². The van der Waals surface area contributed by atoms with E-state index in [4.69, 9.17) is 21.9 Å². The van der Waals surface area contributed by atoms with E-state index in [1.807, 2.05) is 26.0 Å². The van der Waals surface area contributed by atoms with Crippen molar-refractivity contribution < 1.29 is 14.3 Å². The van der Waals surface area contributed by atoms with E-state index < -0.39 is 0 Å². The summed E-state index contributed by atoms with van der Waals surface area (Å²) in [6.45, 7) is 9.80. The molecule has 0 radical (unpaired) electrons. The third-order valence-corrected chi connectivity index (χ3v) is 7.87. The topological polar surface area (TPSA) is 62.7 Å². The van der Waals surface area contributed by atoms with Crippen molar-refractivity contribution in [3.05, 3.63) is 40.3 Å². The van der Waals surface area contributed by atoms with Crippen LogP contribution < -0.4 is 4.90 Å². The normalized spacial score (nSPS) is 19.4. The van der Waals surface area contributed by atoms with E-state index in [9.17, 15) is 9.59 Å². The lowest BCUT2D eigenvalue weighted by Crippen LogP contribution is -2.37. The molecule has 1 unspecified atom stereocenters. The maximum atomic E-state index is 13.2. The maximum absolute atomic E-state index is 13.2. The molecule has 0 saturated carbocycles. The first-order valence-electron chi connectivity index (χ1n) is 11.9. The van der Waals surface area contributed by atoms with Crippen LogP contribution in [0.1, 0.15) is 51.2 Å². The lowest BCUT2D eigenvalue weighted by atomic mass is 9.96. The van der Waals surface area contributed by atoms with Crippen molar-refractivity contribution in [3.63, 3.8) is 0 Å². The summed E-state index contributed by atoms with van der Waals surface area (Å²) in [5.41, 5.74) is 2.97. The molecule has 2 aliphatic heterocycles. The van der Waals surface area contributed by atoms with E-state index in [-0.39, 0.29) is 23.8 Å². The van der Waals surface area contributed by atoms with Gasteiger partial charge in [-0.2, -0.15) is 0 Å². The highest BCUT2D eigenvalue weighted by Gasteiger charge is 2.35. The fourth-order valence-electron chi connectivity index (χ4n) is 4.43. The Morgan fingerprint density at radius 2 is 2.03 bits per heavy atom. The molecular weight excluding hydrogens is 466 g/mol. The lowest BCUT2D eigenvalue weighted by molar-refractivity contribution is -0.148. The molecule has 2 aliphatic rings. The smallest absolute Gasteiger partial charge is 0.309 e. The first-order chi connectivity index (χ1) is 16.3. The molecule has 1 amide bonds. The summed E-state index contributed by atoms with van der Waals surface area (Å²) in [6, 6.07) is 8.38. The van der Waals surface area contributed by atoms with E-state index in [1.54, 1.807) is 4.90 Å². The molecule has 2 aromatic rings. The van der Waals surface area contributed by atoms with Crippen molar-refractivity contribution in [1.82, 2.24) is 9.88 Å². The number of piperidine rings is 1. The number of anilines is 1. The number of rotatable bonds is 6. The van der Waals surface area contributed by atoms with Gasteiger partial charge in [0.2, 0.25) is 0 Å². The van der Waals surface area contributed by atoms with Gasteiger partial charge in [0.15, 0.2) is 0 Å². The number of nitrogens with zero attached hydrogens (tertiary/aromatic N) is 3. The third-order valence-electron chi connectivity index (χ3n) is 6.53. The molecule has 0 N–H and O–H groups in total. The standard InChI is InChI=1S/C26H31N3O3S2/c1-5-17(4)29-24(30)22(34-26(29)33)15-20-14-19-13-16(3)7-8-21(19)27-23(20)28-11-9-18(10-12-28)25(31)32-6-2/h7-8,13-15,17-18H,5-6,9-12H2,1-4H3/b22-15-. The number of ether oxygens (including phenoxy) is 1. The number of carbonyl (C=O) groups is 2. The predicted molar refractivity (Wildman–Crippen MR) is 143 cm³/mol. The quantitative estimate of drug-likeness (QED) is 0.304. The Labute approximate surface area is 210 Å². The van der Waals surface area contributed by atoms with E-state index in [0.717, 1.165) is 47.1 Å². The Balaban J connectivity index is 1.69. The summed E-state index contributed by atoms with van der Waals surface area (Å²) in [5, 5.41) is 1.04. The van der Waals surface area contributed by atoms with Crippen molar-refractivity contribution in [2.24, 2.45) is 5.92 Å². The molecule has 0 bridgehead atoms. The molecule has 180 valence electrons. The highest BCUT2D eigenvalue weighted by Crippen LogP contribution is 2.37. The minimum Gasteiger partial charge on any atom is -0.466 e. The molecule has 2 saturated heterocycles. The number of carbonyl (C=O) groups excluding carboxylic acids is 2. The summed E-state index contributed by atoms with van der Waals surface area (Å²) in [6.07, 6.45) is 4.23. The summed E-state index contributed by atoms with van der Waals surface area (Å²) < 4.78 is 5.83. The first-order valence-corrected chi connectivity index (χ1v) is 13.1. The van der Waals surface area contributed by atoms with Crippen LogP contribution in [-0.2, 0) is 14.3 Å². The molecular formula is C26H31N3O3S2. The molecule has 1 aromatic carbocycles. The van der Waals surface area contributed by atoms with Gasteiger partial charge in [-0.15, -0.1) is 0 Å². The Bertz CT molecular complexity index is 1160. The van der Waals surface area contributed by atoms with Gasteiger partial charge >= 0.3 is 5.97 Å². The molecule has 1 atom stereocenters. The fourth-order valence-corrected chi connectivity index (χ4v) is 5.89. The van der Waals surface area contributed by atoms with Gasteiger partial charge in [-0.1, -0.05) is 42.5 Å². The second kappa shape index (κ2) is 10.4. The zero-order valence-corrected chi connectivity index (χ0v) is 21.8. The zero-order chi connectivity index (χ0) is 24.4. The van der Waals surface area contributed by atoms with Crippen molar-refractivity contribution in [3.8, 4) is 0 Å². The van der Waals surface area contributed by atoms with Crippen LogP contribution in [0.2, 0.25) is 0 Å². The average molecular weight is 498 g/mol. The third kappa shape index (κ3) is 4.98. The Hall–Kier alpha value is -2.45. The maximum Gasteiger partial charge on any atom is 0.309 e. The number of hydrogen-bond acceptors (Lipinski definition) is 7. The summed E-state index contributed by atoms with van der Waals surface area (Å²) in [5.74, 6) is 0.612. The van der Waals surface area contributed by atoms with Gasteiger partial charge in [-0.05, 0) is 64.3 Å². The van der Waals surface area contributed by atoms with Crippen LogP contribution in [0, 0.1) is 12.8 Å². The van der Waals surface area contributed by atoms with E-state index >= 15 is 0 Å². The number of aromatic nitrogens is 1. The van der Waals surface area contributed by atoms with E-state index in [2.05, 4.69) is 36.9 Å². The van der Waals surface area contributed by atoms with E-state index in [0.29, 0.717) is 28.9 Å². The molecule has 1 aromatic heterocycles. The number of thiocarbonyl (C=S) groups is 1. The van der Waals surface area contributed by atoms with Crippen LogP contribution in [0.25, 0.3) is 17.0 Å². The second-order valence-electron chi connectivity index (χ2n) is 8.92. The molecule has 6 nitrogen and oxygen atoms in total. The molecule has 3 heterocycles. The number of thioether (sulfide) groups is 1. The van der Waals surface area contributed by atoms with Crippen LogP contribution in [0.3, 0.4) is 0 Å². The fraction of sp³-hybridized carbons (Fsp3) is 0.462. The van der Waals surface area contributed by atoms with Gasteiger partial charge in [0.05, 0.1) is 22.9 Å². The Morgan fingerprint density at radius 3 is 2.71 bits per heavy atom. The van der Waals surface area contributed by atoms with Crippen molar-refractivity contribution in [2.45, 2.75) is 53.0 Å². The summed E-state index contributed by atoms with van der Waals surface area (Å²) >= 11 is 6.88. The minimum absolute atomic E-state index is 0.0411. The first kappa shape index (κ1) is 24.7. The lowest BCUT2D eigenvalue weighted by Gasteiger charge is -2.32. The van der Waals surface area contributed by atoms with Gasteiger partial charge in [0.1, 0.15) is 10.1 Å². The zero-order valence-electron chi connectivity index (χ0n) is 20.2. The van der Waals surface area contributed by atoms with Crippen LogP contribution >= 0.6 is 24.0 Å². The predicted octanol–water partition coefficient (Wildman–Crippen LogP) is 5.32. The largest absolute Gasteiger partial charge is 0.466 e. The van der Waals surface area contributed by atoms with Crippen LogP contribution in [0.4, 0.5) is 5.82 Å². The molecule has 2 fully saturated rings. The monoisotopic (exact) mass is 497 g/mol. The number of fused-ring (bicyclic) bond motifs is 1. The number of pyridine rings is 1. The number of amides is 1. The Kier molecular flexibility index (Phi) is 7.57. The molecule has 4 rings (SSSR count). The van der Waals surface area contributed by atoms with Crippen molar-refractivity contribution in [2.75, 3.05) is 24.6 Å².